The molecule has 11 heavy (non-hydrogen) atoms. The van der Waals surface area contributed by atoms with Gasteiger partial charge < -0.3 is 4.74 Å². The summed E-state index contributed by atoms with van der Waals surface area (Å²) in [5.41, 5.74) is 1.08. The van der Waals surface area contributed by atoms with Crippen LogP contribution >= 0.6 is 15.9 Å². The van der Waals surface area contributed by atoms with Gasteiger partial charge in [-0.05, 0) is 28.1 Å². The molecule has 2 rings (SSSR count). The molecule has 0 fully saturated rings. The number of ether oxygens (including phenoxy) is 1. The number of rotatable bonds is 0. The van der Waals surface area contributed by atoms with Crippen LogP contribution in [0, 0.1) is 0 Å². The molecule has 1 aromatic rings. The predicted molar refractivity (Wildman–Crippen MR) is 46.5 cm³/mol. The third-order valence-corrected chi connectivity index (χ3v) is 2.08. The number of pyridine rings is 1. The summed E-state index contributed by atoms with van der Waals surface area (Å²) in [5, 5.41) is 0. The number of hydrogen-bond donors (Lipinski definition) is 0. The molecule has 2 nitrogen and oxygen atoms in total. The van der Waals surface area contributed by atoms with Crippen LogP contribution in [0.2, 0.25) is 0 Å². The van der Waals surface area contributed by atoms with Crippen LogP contribution in [0.15, 0.2) is 22.9 Å². The molecule has 0 saturated carbocycles. The molecule has 1 aliphatic heterocycles. The van der Waals surface area contributed by atoms with Crippen molar-refractivity contribution in [1.29, 1.82) is 0 Å². The third kappa shape index (κ3) is 1.16. The first-order chi connectivity index (χ1) is 5.38. The van der Waals surface area contributed by atoms with Gasteiger partial charge in [0, 0.05) is 11.8 Å². The normalized spacial score (nSPS) is 13.9. The quantitative estimate of drug-likeness (QED) is 0.615. The van der Waals surface area contributed by atoms with Gasteiger partial charge in [-0.15, -0.1) is 0 Å². The van der Waals surface area contributed by atoms with E-state index in [9.17, 15) is 0 Å². The van der Waals surface area contributed by atoms with Crippen molar-refractivity contribution in [2.75, 3.05) is 6.61 Å². The van der Waals surface area contributed by atoms with E-state index in [0.717, 1.165) is 15.9 Å². The SMILES string of the molecule is Brc1nccc2c1OCC=C2. The minimum Gasteiger partial charge on any atom is -0.486 e. The average molecular weight is 212 g/mol. The maximum Gasteiger partial charge on any atom is 0.159 e. The van der Waals surface area contributed by atoms with Gasteiger partial charge in [0.25, 0.3) is 0 Å². The summed E-state index contributed by atoms with van der Waals surface area (Å²) in [6.45, 7) is 0.636. The fourth-order valence-electron chi connectivity index (χ4n) is 1.02. The van der Waals surface area contributed by atoms with Gasteiger partial charge in [-0.25, -0.2) is 4.98 Å². The van der Waals surface area contributed by atoms with E-state index < -0.39 is 0 Å². The highest BCUT2D eigenvalue weighted by molar-refractivity contribution is 9.10. The van der Waals surface area contributed by atoms with Crippen molar-refractivity contribution in [3.63, 3.8) is 0 Å². The van der Waals surface area contributed by atoms with Gasteiger partial charge in [0.1, 0.15) is 11.2 Å². The predicted octanol–water partition coefficient (Wildman–Crippen LogP) is 2.25. The number of halogens is 1. The first-order valence-electron chi connectivity index (χ1n) is 3.32. The van der Waals surface area contributed by atoms with Crippen molar-refractivity contribution in [2.45, 2.75) is 0 Å². The van der Waals surface area contributed by atoms with E-state index in [0.29, 0.717) is 6.61 Å². The molecule has 0 unspecified atom stereocenters. The Morgan fingerprint density at radius 1 is 1.55 bits per heavy atom. The summed E-state index contributed by atoms with van der Waals surface area (Å²) < 4.78 is 6.14. The van der Waals surface area contributed by atoms with E-state index in [4.69, 9.17) is 4.74 Å². The first kappa shape index (κ1) is 6.85. The van der Waals surface area contributed by atoms with E-state index in [1.54, 1.807) is 6.20 Å². The van der Waals surface area contributed by atoms with Crippen molar-refractivity contribution in [2.24, 2.45) is 0 Å². The van der Waals surface area contributed by atoms with Crippen LogP contribution in [0.25, 0.3) is 6.08 Å². The zero-order chi connectivity index (χ0) is 7.68. The summed E-state index contributed by atoms with van der Waals surface area (Å²) in [4.78, 5) is 4.05. The lowest BCUT2D eigenvalue weighted by Gasteiger charge is -2.12. The Labute approximate surface area is 73.0 Å². The maximum atomic E-state index is 5.36. The molecule has 0 bridgehead atoms. The molecule has 0 saturated heterocycles. The average Bonchev–Trinajstić information content (AvgIpc) is 2.06. The maximum absolute atomic E-state index is 5.36. The molecule has 0 spiro atoms. The molecule has 56 valence electrons. The van der Waals surface area contributed by atoms with Gasteiger partial charge in [0.2, 0.25) is 0 Å². The highest BCUT2D eigenvalue weighted by atomic mass is 79.9. The molecule has 3 heteroatoms. The molecule has 1 aromatic heterocycles. The molecule has 0 radical (unpaired) electrons. The zero-order valence-electron chi connectivity index (χ0n) is 5.75. The van der Waals surface area contributed by atoms with Crippen LogP contribution in [0.3, 0.4) is 0 Å². The van der Waals surface area contributed by atoms with Crippen LogP contribution < -0.4 is 4.74 Å². The molecule has 0 amide bonds. The standard InChI is InChI=1S/C8H6BrNO/c9-8-7-6(3-4-10-8)2-1-5-11-7/h1-4H,5H2. The minimum atomic E-state index is 0.636. The first-order valence-corrected chi connectivity index (χ1v) is 4.11. The molecule has 2 heterocycles. The van der Waals surface area contributed by atoms with Crippen molar-refractivity contribution in [3.8, 4) is 5.75 Å². The van der Waals surface area contributed by atoms with Gasteiger partial charge in [-0.1, -0.05) is 6.08 Å². The monoisotopic (exact) mass is 211 g/mol. The van der Waals surface area contributed by atoms with Gasteiger partial charge in [-0.2, -0.15) is 0 Å². The summed E-state index contributed by atoms with van der Waals surface area (Å²) in [6.07, 6.45) is 5.77. The fraction of sp³-hybridized carbons (Fsp3) is 0.125. The van der Waals surface area contributed by atoms with Crippen molar-refractivity contribution >= 4 is 22.0 Å². The molecular weight excluding hydrogens is 206 g/mol. The number of hydrogen-bond acceptors (Lipinski definition) is 2. The topological polar surface area (TPSA) is 22.1 Å². The molecule has 0 aromatic carbocycles. The zero-order valence-corrected chi connectivity index (χ0v) is 7.34. The summed E-state index contributed by atoms with van der Waals surface area (Å²) >= 11 is 3.31. The molecule has 1 aliphatic rings. The number of fused-ring (bicyclic) bond motifs is 1. The lowest BCUT2D eigenvalue weighted by molar-refractivity contribution is 0.354. The third-order valence-electron chi connectivity index (χ3n) is 1.51. The second kappa shape index (κ2) is 2.66. The van der Waals surface area contributed by atoms with Crippen molar-refractivity contribution in [1.82, 2.24) is 4.98 Å². The highest BCUT2D eigenvalue weighted by Gasteiger charge is 2.08. The van der Waals surface area contributed by atoms with Crippen molar-refractivity contribution in [3.05, 3.63) is 28.5 Å². The lowest BCUT2D eigenvalue weighted by Crippen LogP contribution is -2.01. The largest absolute Gasteiger partial charge is 0.486 e. The summed E-state index contributed by atoms with van der Waals surface area (Å²) in [7, 11) is 0. The molecule has 0 N–H and O–H groups in total. The van der Waals surface area contributed by atoms with Crippen LogP contribution in [-0.2, 0) is 0 Å². The van der Waals surface area contributed by atoms with Gasteiger partial charge >= 0.3 is 0 Å². The van der Waals surface area contributed by atoms with E-state index in [1.165, 1.54) is 0 Å². The summed E-state index contributed by atoms with van der Waals surface area (Å²) in [5.74, 6) is 0.843. The van der Waals surface area contributed by atoms with Crippen LogP contribution in [0.4, 0.5) is 0 Å². The molecular formula is C8H6BrNO. The van der Waals surface area contributed by atoms with Crippen LogP contribution in [0.5, 0.6) is 5.75 Å². The Hall–Kier alpha value is -0.830. The van der Waals surface area contributed by atoms with Gasteiger partial charge in [0.15, 0.2) is 5.75 Å². The summed E-state index contributed by atoms with van der Waals surface area (Å²) in [6, 6.07) is 1.93. The van der Waals surface area contributed by atoms with E-state index in [2.05, 4.69) is 20.9 Å². The highest BCUT2D eigenvalue weighted by Crippen LogP contribution is 2.29. The fourth-order valence-corrected chi connectivity index (χ4v) is 1.48. The number of aromatic nitrogens is 1. The van der Waals surface area contributed by atoms with E-state index in [-0.39, 0.29) is 0 Å². The Morgan fingerprint density at radius 2 is 2.45 bits per heavy atom. The van der Waals surface area contributed by atoms with Gasteiger partial charge in [-0.3, -0.25) is 0 Å². The Morgan fingerprint density at radius 3 is 3.27 bits per heavy atom. The van der Waals surface area contributed by atoms with Crippen LogP contribution in [0.1, 0.15) is 5.56 Å². The smallest absolute Gasteiger partial charge is 0.159 e. The van der Waals surface area contributed by atoms with Gasteiger partial charge in [0.05, 0.1) is 0 Å². The Bertz CT molecular complexity index is 309. The van der Waals surface area contributed by atoms with E-state index in [1.807, 2.05) is 18.2 Å². The molecule has 0 atom stereocenters. The minimum absolute atomic E-state index is 0.636. The van der Waals surface area contributed by atoms with Crippen molar-refractivity contribution < 1.29 is 4.74 Å². The second-order valence-corrected chi connectivity index (χ2v) is 2.98. The number of nitrogens with zero attached hydrogens (tertiary/aromatic N) is 1. The van der Waals surface area contributed by atoms with E-state index >= 15 is 0 Å². The van der Waals surface area contributed by atoms with Crippen LogP contribution in [-0.4, -0.2) is 11.6 Å². The second-order valence-electron chi connectivity index (χ2n) is 2.23. The lowest BCUT2D eigenvalue weighted by atomic mass is 10.2. The Kier molecular flexibility index (Phi) is 1.66. The molecule has 0 aliphatic carbocycles. The Balaban J connectivity index is 2.60.